The van der Waals surface area contributed by atoms with E-state index in [4.69, 9.17) is 22.1 Å². The molecule has 0 amide bonds. The number of halogens is 1. The van der Waals surface area contributed by atoms with E-state index in [2.05, 4.69) is 0 Å². The zero-order chi connectivity index (χ0) is 11.5. The minimum Gasteiger partial charge on any atom is -0.397 e. The Morgan fingerprint density at radius 3 is 2.75 bits per heavy atom. The molecule has 0 radical (unpaired) electrons. The number of nitrogen functional groups attached to an aromatic ring is 1. The van der Waals surface area contributed by atoms with Crippen LogP contribution in [0.15, 0.2) is 18.2 Å². The van der Waals surface area contributed by atoms with Crippen LogP contribution in [0, 0.1) is 5.92 Å². The molecule has 3 N–H and O–H groups in total. The fourth-order valence-electron chi connectivity index (χ4n) is 2.10. The van der Waals surface area contributed by atoms with Crippen molar-refractivity contribution in [2.75, 3.05) is 18.9 Å². The molecule has 1 aliphatic rings. The lowest BCUT2D eigenvalue weighted by Gasteiger charge is -2.27. The van der Waals surface area contributed by atoms with Gasteiger partial charge < -0.3 is 15.6 Å². The van der Waals surface area contributed by atoms with Gasteiger partial charge in [0.2, 0.25) is 0 Å². The number of hydrogen-bond acceptors (Lipinski definition) is 3. The third-order valence-electron chi connectivity index (χ3n) is 3.12. The Labute approximate surface area is 100 Å². The van der Waals surface area contributed by atoms with Crippen molar-refractivity contribution in [3.8, 4) is 0 Å². The van der Waals surface area contributed by atoms with Crippen molar-refractivity contribution in [1.82, 2.24) is 0 Å². The molecule has 2 rings (SSSR count). The van der Waals surface area contributed by atoms with E-state index in [9.17, 15) is 5.11 Å². The van der Waals surface area contributed by atoms with E-state index in [1.54, 1.807) is 6.07 Å². The Kier molecular flexibility index (Phi) is 3.69. The molecule has 1 atom stereocenters. The lowest BCUT2D eigenvalue weighted by atomic mass is 9.89. The molecule has 88 valence electrons. The van der Waals surface area contributed by atoms with Crippen molar-refractivity contribution in [2.24, 2.45) is 5.92 Å². The second-order valence-corrected chi connectivity index (χ2v) is 4.54. The summed E-state index contributed by atoms with van der Waals surface area (Å²) < 4.78 is 5.27. The molecule has 4 heteroatoms. The first-order valence-corrected chi connectivity index (χ1v) is 5.87. The molecule has 0 saturated carbocycles. The molecule has 1 aromatic rings. The number of para-hydroxylation sites is 1. The Bertz CT molecular complexity index is 364. The van der Waals surface area contributed by atoms with E-state index in [1.165, 1.54) is 0 Å². The molecule has 3 nitrogen and oxygen atoms in total. The zero-order valence-corrected chi connectivity index (χ0v) is 9.78. The van der Waals surface area contributed by atoms with Gasteiger partial charge in [0, 0.05) is 18.8 Å². The van der Waals surface area contributed by atoms with Crippen molar-refractivity contribution in [3.05, 3.63) is 28.8 Å². The summed E-state index contributed by atoms with van der Waals surface area (Å²) in [6.45, 7) is 1.42. The monoisotopic (exact) mass is 241 g/mol. The van der Waals surface area contributed by atoms with E-state index in [1.807, 2.05) is 12.1 Å². The molecular weight excluding hydrogens is 226 g/mol. The van der Waals surface area contributed by atoms with Crippen LogP contribution in [0.2, 0.25) is 5.02 Å². The Morgan fingerprint density at radius 1 is 1.38 bits per heavy atom. The van der Waals surface area contributed by atoms with Gasteiger partial charge in [-0.15, -0.1) is 0 Å². The van der Waals surface area contributed by atoms with Gasteiger partial charge in [-0.1, -0.05) is 23.7 Å². The maximum absolute atomic E-state index is 10.3. The summed E-state index contributed by atoms with van der Waals surface area (Å²) in [5.74, 6) is 0.217. The first kappa shape index (κ1) is 11.7. The second kappa shape index (κ2) is 5.04. The predicted molar refractivity (Wildman–Crippen MR) is 64.4 cm³/mol. The molecule has 0 bridgehead atoms. The molecule has 1 aromatic carbocycles. The van der Waals surface area contributed by atoms with Crippen LogP contribution < -0.4 is 5.73 Å². The van der Waals surface area contributed by atoms with Crippen LogP contribution >= 0.6 is 11.6 Å². The minimum atomic E-state index is -0.539. The lowest BCUT2D eigenvalue weighted by Crippen LogP contribution is -2.22. The van der Waals surface area contributed by atoms with Gasteiger partial charge in [-0.05, 0) is 24.8 Å². The number of anilines is 1. The summed E-state index contributed by atoms with van der Waals surface area (Å²) in [5.41, 5.74) is 7.09. The van der Waals surface area contributed by atoms with Crippen molar-refractivity contribution < 1.29 is 9.84 Å². The Balaban J connectivity index is 2.19. The highest BCUT2D eigenvalue weighted by Gasteiger charge is 2.25. The minimum absolute atomic E-state index is 0.217. The maximum atomic E-state index is 10.3. The number of nitrogens with two attached hydrogens (primary N) is 1. The van der Waals surface area contributed by atoms with Gasteiger partial charge in [-0.2, -0.15) is 0 Å². The number of rotatable bonds is 2. The molecule has 1 fully saturated rings. The van der Waals surface area contributed by atoms with Crippen LogP contribution in [0.4, 0.5) is 5.69 Å². The smallest absolute Gasteiger partial charge is 0.0840 e. The molecule has 0 aromatic heterocycles. The van der Waals surface area contributed by atoms with E-state index < -0.39 is 6.10 Å². The molecule has 1 heterocycles. The van der Waals surface area contributed by atoms with Gasteiger partial charge in [0.05, 0.1) is 16.8 Å². The van der Waals surface area contributed by atoms with E-state index in [0.717, 1.165) is 18.4 Å². The van der Waals surface area contributed by atoms with Gasteiger partial charge in [0.1, 0.15) is 0 Å². The molecule has 1 unspecified atom stereocenters. The number of ether oxygens (including phenoxy) is 1. The van der Waals surface area contributed by atoms with Crippen LogP contribution in [0.5, 0.6) is 0 Å². The first-order chi connectivity index (χ1) is 7.70. The van der Waals surface area contributed by atoms with Crippen molar-refractivity contribution in [1.29, 1.82) is 0 Å². The predicted octanol–water partition coefficient (Wildman–Crippen LogP) is 2.38. The summed E-state index contributed by atoms with van der Waals surface area (Å²) >= 11 is 5.94. The van der Waals surface area contributed by atoms with Crippen molar-refractivity contribution in [3.63, 3.8) is 0 Å². The summed E-state index contributed by atoms with van der Waals surface area (Å²) in [6, 6.07) is 5.38. The average Bonchev–Trinajstić information content (AvgIpc) is 2.33. The largest absolute Gasteiger partial charge is 0.397 e. The average molecular weight is 242 g/mol. The van der Waals surface area contributed by atoms with Gasteiger partial charge in [-0.3, -0.25) is 0 Å². The van der Waals surface area contributed by atoms with Crippen LogP contribution in [-0.4, -0.2) is 18.3 Å². The molecule has 1 saturated heterocycles. The third-order valence-corrected chi connectivity index (χ3v) is 3.45. The van der Waals surface area contributed by atoms with Gasteiger partial charge in [0.25, 0.3) is 0 Å². The molecule has 1 aliphatic heterocycles. The Hall–Kier alpha value is -0.770. The highest BCUT2D eigenvalue weighted by Crippen LogP contribution is 2.35. The maximum Gasteiger partial charge on any atom is 0.0840 e. The standard InChI is InChI=1S/C12H16ClNO2/c13-10-3-1-2-9(11(10)14)12(15)8-4-6-16-7-5-8/h1-3,8,12,15H,4-7,14H2. The van der Waals surface area contributed by atoms with Gasteiger partial charge in [-0.25, -0.2) is 0 Å². The Morgan fingerprint density at radius 2 is 2.06 bits per heavy atom. The second-order valence-electron chi connectivity index (χ2n) is 4.14. The van der Waals surface area contributed by atoms with Crippen molar-refractivity contribution in [2.45, 2.75) is 18.9 Å². The first-order valence-electron chi connectivity index (χ1n) is 5.50. The molecule has 16 heavy (non-hydrogen) atoms. The lowest BCUT2D eigenvalue weighted by molar-refractivity contribution is 0.00746. The fraction of sp³-hybridized carbons (Fsp3) is 0.500. The summed E-state index contributed by atoms with van der Waals surface area (Å²) in [4.78, 5) is 0. The van der Waals surface area contributed by atoms with Crippen LogP contribution in [0.25, 0.3) is 0 Å². The number of benzene rings is 1. The number of aliphatic hydroxyl groups excluding tert-OH is 1. The van der Waals surface area contributed by atoms with Gasteiger partial charge >= 0.3 is 0 Å². The number of aliphatic hydroxyl groups is 1. The summed E-state index contributed by atoms with van der Waals surface area (Å²) in [6.07, 6.45) is 1.20. The third kappa shape index (κ3) is 2.32. The summed E-state index contributed by atoms with van der Waals surface area (Å²) in [5, 5.41) is 10.8. The SMILES string of the molecule is Nc1c(Cl)cccc1C(O)C1CCOCC1. The summed E-state index contributed by atoms with van der Waals surface area (Å²) in [7, 11) is 0. The van der Waals surface area contributed by atoms with Gasteiger partial charge in [0.15, 0.2) is 0 Å². The van der Waals surface area contributed by atoms with Crippen LogP contribution in [0.3, 0.4) is 0 Å². The van der Waals surface area contributed by atoms with Crippen LogP contribution in [0.1, 0.15) is 24.5 Å². The van der Waals surface area contributed by atoms with E-state index >= 15 is 0 Å². The molecule has 0 aliphatic carbocycles. The zero-order valence-electron chi connectivity index (χ0n) is 9.03. The normalized spacial score (nSPS) is 19.6. The fourth-order valence-corrected chi connectivity index (χ4v) is 2.28. The van der Waals surface area contributed by atoms with Crippen LogP contribution in [-0.2, 0) is 4.74 Å². The molecule has 0 spiro atoms. The number of hydrogen-bond donors (Lipinski definition) is 2. The quantitative estimate of drug-likeness (QED) is 0.782. The van der Waals surface area contributed by atoms with E-state index in [-0.39, 0.29) is 5.92 Å². The topological polar surface area (TPSA) is 55.5 Å². The highest BCUT2D eigenvalue weighted by atomic mass is 35.5. The van der Waals surface area contributed by atoms with Crippen molar-refractivity contribution >= 4 is 17.3 Å². The van der Waals surface area contributed by atoms with E-state index in [0.29, 0.717) is 23.9 Å². The highest BCUT2D eigenvalue weighted by molar-refractivity contribution is 6.33. The molecular formula is C12H16ClNO2.